The number of aliphatic hydroxyl groups is 1. The Hall–Kier alpha value is 0.230. The second kappa shape index (κ2) is 6.12. The largest absolute Gasteiger partial charge is 0.387 e. The summed E-state index contributed by atoms with van der Waals surface area (Å²) in [6.07, 6.45) is -0.197. The monoisotopic (exact) mass is 384 g/mol. The Morgan fingerprint density at radius 3 is 2.50 bits per heavy atom. The average molecular weight is 387 g/mol. The highest BCUT2D eigenvalue weighted by molar-refractivity contribution is 9.10. The maximum absolute atomic E-state index is 10.1. The van der Waals surface area contributed by atoms with E-state index in [1.807, 2.05) is 12.1 Å². The molecule has 1 unspecified atom stereocenters. The molecule has 0 spiro atoms. The third-order valence-corrected chi connectivity index (χ3v) is 5.58. The van der Waals surface area contributed by atoms with Crippen LogP contribution in [0.25, 0.3) is 0 Å². The molecule has 0 aliphatic heterocycles. The van der Waals surface area contributed by atoms with Gasteiger partial charge in [0.1, 0.15) is 4.34 Å². The minimum absolute atomic E-state index is 0.430. The zero-order valence-corrected chi connectivity index (χ0v) is 13.6. The summed E-state index contributed by atoms with van der Waals surface area (Å²) >= 11 is 22.5. The van der Waals surface area contributed by atoms with Gasteiger partial charge in [-0.05, 0) is 39.7 Å². The van der Waals surface area contributed by atoms with Crippen molar-refractivity contribution in [3.8, 4) is 0 Å². The molecule has 18 heavy (non-hydrogen) atoms. The third-order valence-electron chi connectivity index (χ3n) is 2.42. The normalized spacial score (nSPS) is 12.7. The summed E-state index contributed by atoms with van der Waals surface area (Å²) in [6.45, 7) is 0. The smallest absolute Gasteiger partial charge is 0.107 e. The van der Waals surface area contributed by atoms with Crippen LogP contribution in [0, 0.1) is 0 Å². The van der Waals surface area contributed by atoms with Gasteiger partial charge in [-0.15, -0.1) is 11.3 Å². The van der Waals surface area contributed by atoms with Gasteiger partial charge in [-0.2, -0.15) is 0 Å². The van der Waals surface area contributed by atoms with E-state index < -0.39 is 6.10 Å². The van der Waals surface area contributed by atoms with E-state index in [-0.39, 0.29) is 0 Å². The Bertz CT molecular complexity index is 551. The summed E-state index contributed by atoms with van der Waals surface area (Å²) in [4.78, 5) is 0.804. The van der Waals surface area contributed by atoms with Crippen molar-refractivity contribution in [3.05, 3.63) is 53.6 Å². The van der Waals surface area contributed by atoms with Gasteiger partial charge in [0.2, 0.25) is 0 Å². The van der Waals surface area contributed by atoms with E-state index in [0.717, 1.165) is 14.9 Å². The Kier molecular flexibility index (Phi) is 4.98. The van der Waals surface area contributed by atoms with E-state index in [2.05, 4.69) is 15.9 Å². The van der Waals surface area contributed by atoms with Gasteiger partial charge in [0.15, 0.2) is 0 Å². The van der Waals surface area contributed by atoms with Crippen LogP contribution in [0.1, 0.15) is 16.5 Å². The maximum Gasteiger partial charge on any atom is 0.107 e. The lowest BCUT2D eigenvalue weighted by Crippen LogP contribution is -2.00. The number of halogens is 4. The lowest BCUT2D eigenvalue weighted by molar-refractivity contribution is 0.182. The zero-order valence-electron chi connectivity index (χ0n) is 8.96. The topological polar surface area (TPSA) is 20.2 Å². The van der Waals surface area contributed by atoms with Crippen LogP contribution >= 0.6 is 62.1 Å². The van der Waals surface area contributed by atoms with E-state index in [9.17, 15) is 5.11 Å². The molecule has 0 amide bonds. The molecule has 1 N–H and O–H groups in total. The van der Waals surface area contributed by atoms with Crippen molar-refractivity contribution in [2.75, 3.05) is 0 Å². The number of rotatable bonds is 3. The molecule has 0 bridgehead atoms. The summed E-state index contributed by atoms with van der Waals surface area (Å²) in [6, 6.07) is 7.06. The molecule has 0 aliphatic carbocycles. The van der Waals surface area contributed by atoms with Crippen LogP contribution in [0.2, 0.25) is 14.4 Å². The van der Waals surface area contributed by atoms with Gasteiger partial charge in [-0.1, -0.05) is 40.9 Å². The fourth-order valence-corrected chi connectivity index (χ4v) is 3.73. The van der Waals surface area contributed by atoms with Gasteiger partial charge in [0.05, 0.1) is 6.10 Å². The maximum atomic E-state index is 10.1. The fraction of sp³-hybridized carbons (Fsp3) is 0.167. The first-order valence-electron chi connectivity index (χ1n) is 5.04. The van der Waals surface area contributed by atoms with Gasteiger partial charge < -0.3 is 5.11 Å². The molecule has 0 saturated heterocycles. The Morgan fingerprint density at radius 1 is 1.22 bits per heavy atom. The van der Waals surface area contributed by atoms with Gasteiger partial charge >= 0.3 is 0 Å². The minimum Gasteiger partial charge on any atom is -0.387 e. The van der Waals surface area contributed by atoms with Crippen LogP contribution in [0.5, 0.6) is 0 Å². The number of aliphatic hydroxyl groups excluding tert-OH is 1. The summed E-state index contributed by atoms with van der Waals surface area (Å²) in [7, 11) is 0. The fourth-order valence-electron chi connectivity index (χ4n) is 1.52. The molecule has 96 valence electrons. The highest BCUT2D eigenvalue weighted by atomic mass is 79.9. The summed E-state index contributed by atoms with van der Waals surface area (Å²) in [5.41, 5.74) is 0.856. The van der Waals surface area contributed by atoms with E-state index in [1.165, 1.54) is 11.3 Å². The predicted molar refractivity (Wildman–Crippen MR) is 82.2 cm³/mol. The number of thiophene rings is 1. The van der Waals surface area contributed by atoms with Crippen LogP contribution in [0.15, 0.2) is 28.7 Å². The van der Waals surface area contributed by atoms with Crippen molar-refractivity contribution < 1.29 is 5.11 Å². The molecule has 0 saturated carbocycles. The predicted octanol–water partition coefficient (Wildman–Crippen LogP) is 5.75. The van der Waals surface area contributed by atoms with Crippen molar-refractivity contribution >= 4 is 62.1 Å². The first kappa shape index (κ1) is 14.6. The first-order chi connectivity index (χ1) is 8.47. The first-order valence-corrected chi connectivity index (χ1v) is 7.78. The standard InChI is InChI=1S/C12H8BrCl3OS/c13-8-5-11(18-12(8)16)10(17)3-6-1-2-7(14)4-9(6)15/h1-2,4-5,10,17H,3H2. The second-order valence-electron chi connectivity index (χ2n) is 3.73. The second-order valence-corrected chi connectivity index (χ2v) is 7.11. The Balaban J connectivity index is 2.18. The van der Waals surface area contributed by atoms with Gasteiger partial charge in [-0.25, -0.2) is 0 Å². The van der Waals surface area contributed by atoms with Crippen LogP contribution in [0.3, 0.4) is 0 Å². The van der Waals surface area contributed by atoms with Crippen LogP contribution in [-0.2, 0) is 6.42 Å². The Morgan fingerprint density at radius 2 is 1.94 bits per heavy atom. The molecule has 0 aliphatic rings. The van der Waals surface area contributed by atoms with Crippen molar-refractivity contribution in [1.29, 1.82) is 0 Å². The van der Waals surface area contributed by atoms with Gasteiger partial charge in [-0.3, -0.25) is 0 Å². The quantitative estimate of drug-likeness (QED) is 0.712. The molecule has 2 aromatic rings. The molecule has 0 fully saturated rings. The molecule has 2 rings (SSSR count). The SMILES string of the molecule is OC(Cc1ccc(Cl)cc1Cl)c1cc(Br)c(Cl)s1. The average Bonchev–Trinajstić information content (AvgIpc) is 2.63. The molecule has 6 heteroatoms. The molecule has 1 atom stereocenters. The van der Waals surface area contributed by atoms with Crippen LogP contribution in [-0.4, -0.2) is 5.11 Å². The van der Waals surface area contributed by atoms with Crippen molar-refractivity contribution in [2.45, 2.75) is 12.5 Å². The van der Waals surface area contributed by atoms with Crippen molar-refractivity contribution in [3.63, 3.8) is 0 Å². The van der Waals surface area contributed by atoms with Crippen LogP contribution < -0.4 is 0 Å². The number of benzene rings is 1. The molecular weight excluding hydrogens is 378 g/mol. The van der Waals surface area contributed by atoms with E-state index in [4.69, 9.17) is 34.8 Å². The molecular formula is C12H8BrCl3OS. The van der Waals surface area contributed by atoms with E-state index in [0.29, 0.717) is 20.8 Å². The summed E-state index contributed by atoms with van der Waals surface area (Å²) < 4.78 is 1.43. The minimum atomic E-state index is -0.627. The highest BCUT2D eigenvalue weighted by Crippen LogP contribution is 2.36. The number of hydrogen-bond acceptors (Lipinski definition) is 2. The molecule has 1 aromatic heterocycles. The zero-order chi connectivity index (χ0) is 13.3. The van der Waals surface area contributed by atoms with Crippen molar-refractivity contribution in [1.82, 2.24) is 0 Å². The summed E-state index contributed by atoms with van der Waals surface area (Å²) in [5, 5.41) is 11.3. The van der Waals surface area contributed by atoms with E-state index in [1.54, 1.807) is 12.1 Å². The molecule has 1 heterocycles. The lowest BCUT2D eigenvalue weighted by Gasteiger charge is -2.10. The lowest BCUT2D eigenvalue weighted by atomic mass is 10.1. The van der Waals surface area contributed by atoms with Gasteiger partial charge in [0, 0.05) is 25.8 Å². The number of hydrogen-bond donors (Lipinski definition) is 1. The highest BCUT2D eigenvalue weighted by Gasteiger charge is 2.15. The molecule has 1 aromatic carbocycles. The van der Waals surface area contributed by atoms with Crippen molar-refractivity contribution in [2.24, 2.45) is 0 Å². The molecule has 1 nitrogen and oxygen atoms in total. The summed E-state index contributed by atoms with van der Waals surface area (Å²) in [5.74, 6) is 0. The van der Waals surface area contributed by atoms with E-state index >= 15 is 0 Å². The van der Waals surface area contributed by atoms with Crippen LogP contribution in [0.4, 0.5) is 0 Å². The third kappa shape index (κ3) is 3.41. The van der Waals surface area contributed by atoms with Gasteiger partial charge in [0.25, 0.3) is 0 Å². The molecule has 0 radical (unpaired) electrons. The Labute approximate surface area is 132 Å².